The van der Waals surface area contributed by atoms with Crippen LogP contribution in [0.15, 0.2) is 54.6 Å². The monoisotopic (exact) mass is 434 g/mol. The van der Waals surface area contributed by atoms with Crippen LogP contribution in [0.25, 0.3) is 0 Å². The summed E-state index contributed by atoms with van der Waals surface area (Å²) in [5.41, 5.74) is 1.42. The number of benzene rings is 2. The van der Waals surface area contributed by atoms with E-state index in [1.54, 1.807) is 24.3 Å². The molecular weight excluding hydrogens is 413 g/mol. The number of alkyl halides is 3. The third kappa shape index (κ3) is 6.21. The van der Waals surface area contributed by atoms with Gasteiger partial charge in [-0.25, -0.2) is 4.79 Å². The first-order valence-corrected chi connectivity index (χ1v) is 9.61. The van der Waals surface area contributed by atoms with Crippen molar-refractivity contribution in [3.63, 3.8) is 0 Å². The van der Waals surface area contributed by atoms with Gasteiger partial charge < -0.3 is 20.9 Å². The summed E-state index contributed by atoms with van der Waals surface area (Å²) in [6.07, 6.45) is -3.72. The van der Waals surface area contributed by atoms with Crippen molar-refractivity contribution in [3.8, 4) is 0 Å². The first-order valence-electron chi connectivity index (χ1n) is 9.61. The Morgan fingerprint density at radius 1 is 0.935 bits per heavy atom. The number of likely N-dealkylation sites (tertiary alicyclic amines) is 1. The fourth-order valence-electron chi connectivity index (χ4n) is 3.21. The van der Waals surface area contributed by atoms with Crippen LogP contribution in [0.2, 0.25) is 0 Å². The van der Waals surface area contributed by atoms with E-state index in [2.05, 4.69) is 10.6 Å². The number of anilines is 2. The first kappa shape index (κ1) is 22.1. The molecule has 0 aliphatic carbocycles. The van der Waals surface area contributed by atoms with Gasteiger partial charge >= 0.3 is 12.2 Å². The Morgan fingerprint density at radius 2 is 1.58 bits per heavy atom. The maximum atomic E-state index is 12.5. The fourth-order valence-corrected chi connectivity index (χ4v) is 3.21. The van der Waals surface area contributed by atoms with Gasteiger partial charge in [0.2, 0.25) is 5.91 Å². The van der Waals surface area contributed by atoms with E-state index < -0.39 is 30.7 Å². The molecule has 1 atom stereocenters. The average Bonchev–Trinajstić information content (AvgIpc) is 3.23. The Balaban J connectivity index is 1.57. The minimum atomic E-state index is -4.52. The third-order valence-electron chi connectivity index (χ3n) is 4.71. The molecule has 3 rings (SSSR count). The summed E-state index contributed by atoms with van der Waals surface area (Å²) in [6.45, 7) is -1.18. The molecule has 164 valence electrons. The van der Waals surface area contributed by atoms with E-state index in [-0.39, 0.29) is 18.9 Å². The molecule has 1 aliphatic rings. The number of para-hydroxylation sites is 1. The van der Waals surface area contributed by atoms with Crippen molar-refractivity contribution in [2.24, 2.45) is 0 Å². The van der Waals surface area contributed by atoms with Crippen molar-refractivity contribution in [1.29, 1.82) is 0 Å². The number of nitrogens with zero attached hydrogens (tertiary/aromatic N) is 1. The standard InChI is InChI=1S/C21H21F3N4O3/c22-21(23,24)13-25-19(30)17-7-4-12-28(17)20(31)27-16-10-8-14(9-11-16)18(29)26-15-5-2-1-3-6-15/h1-3,5-6,8-11,17H,4,7,12-13H2,(H,25,30)(H,26,29)(H,27,31). The molecule has 0 bridgehead atoms. The zero-order valence-corrected chi connectivity index (χ0v) is 16.4. The van der Waals surface area contributed by atoms with Crippen LogP contribution in [-0.4, -0.2) is 48.1 Å². The van der Waals surface area contributed by atoms with Crippen LogP contribution in [0.1, 0.15) is 23.2 Å². The number of rotatable bonds is 5. The van der Waals surface area contributed by atoms with Gasteiger partial charge in [0.05, 0.1) is 0 Å². The molecule has 1 saturated heterocycles. The quantitative estimate of drug-likeness (QED) is 0.672. The summed E-state index contributed by atoms with van der Waals surface area (Å²) in [5, 5.41) is 7.18. The minimum absolute atomic E-state index is 0.257. The van der Waals surface area contributed by atoms with Gasteiger partial charge in [-0.2, -0.15) is 13.2 Å². The number of hydrogen-bond donors (Lipinski definition) is 3. The van der Waals surface area contributed by atoms with Gasteiger partial charge in [-0.3, -0.25) is 9.59 Å². The lowest BCUT2D eigenvalue weighted by atomic mass is 10.2. The van der Waals surface area contributed by atoms with Gasteiger partial charge in [0.15, 0.2) is 0 Å². The highest BCUT2D eigenvalue weighted by Gasteiger charge is 2.36. The van der Waals surface area contributed by atoms with Crippen LogP contribution in [0.5, 0.6) is 0 Å². The summed E-state index contributed by atoms with van der Waals surface area (Å²) in [5.74, 6) is -1.15. The summed E-state index contributed by atoms with van der Waals surface area (Å²) in [4.78, 5) is 38.1. The largest absolute Gasteiger partial charge is 0.405 e. The zero-order valence-electron chi connectivity index (χ0n) is 16.4. The van der Waals surface area contributed by atoms with Crippen molar-refractivity contribution in [2.75, 3.05) is 23.7 Å². The minimum Gasteiger partial charge on any atom is -0.345 e. The van der Waals surface area contributed by atoms with E-state index in [9.17, 15) is 27.6 Å². The van der Waals surface area contributed by atoms with Gasteiger partial charge in [0.1, 0.15) is 12.6 Å². The van der Waals surface area contributed by atoms with Crippen LogP contribution in [0, 0.1) is 0 Å². The Morgan fingerprint density at radius 3 is 2.23 bits per heavy atom. The second-order valence-electron chi connectivity index (χ2n) is 7.01. The van der Waals surface area contributed by atoms with Gasteiger partial charge in [-0.15, -0.1) is 0 Å². The molecule has 1 heterocycles. The third-order valence-corrected chi connectivity index (χ3v) is 4.71. The van der Waals surface area contributed by atoms with Crippen molar-refractivity contribution in [1.82, 2.24) is 10.2 Å². The Kier molecular flexibility index (Phi) is 6.78. The van der Waals surface area contributed by atoms with E-state index in [0.29, 0.717) is 23.4 Å². The van der Waals surface area contributed by atoms with Crippen LogP contribution < -0.4 is 16.0 Å². The number of nitrogens with one attached hydrogen (secondary N) is 3. The molecule has 0 radical (unpaired) electrons. The second-order valence-corrected chi connectivity index (χ2v) is 7.01. The molecule has 7 nitrogen and oxygen atoms in total. The van der Waals surface area contributed by atoms with Gasteiger partial charge in [0, 0.05) is 23.5 Å². The van der Waals surface area contributed by atoms with Crippen LogP contribution in [0.4, 0.5) is 29.3 Å². The molecule has 1 fully saturated rings. The number of hydrogen-bond acceptors (Lipinski definition) is 3. The number of urea groups is 1. The molecule has 2 aromatic rings. The van der Waals surface area contributed by atoms with E-state index in [4.69, 9.17) is 0 Å². The topological polar surface area (TPSA) is 90.5 Å². The number of halogens is 3. The highest BCUT2D eigenvalue weighted by atomic mass is 19.4. The highest BCUT2D eigenvalue weighted by molar-refractivity contribution is 6.04. The summed E-state index contributed by atoms with van der Waals surface area (Å²) < 4.78 is 37.0. The lowest BCUT2D eigenvalue weighted by Crippen LogP contribution is -2.49. The Hall–Kier alpha value is -3.56. The van der Waals surface area contributed by atoms with E-state index in [0.717, 1.165) is 0 Å². The maximum Gasteiger partial charge on any atom is 0.405 e. The lowest BCUT2D eigenvalue weighted by molar-refractivity contribution is -0.140. The molecule has 3 N–H and O–H groups in total. The van der Waals surface area contributed by atoms with Crippen molar-refractivity contribution in [2.45, 2.75) is 25.1 Å². The van der Waals surface area contributed by atoms with Crippen LogP contribution in [-0.2, 0) is 4.79 Å². The van der Waals surface area contributed by atoms with Crippen molar-refractivity contribution >= 4 is 29.2 Å². The molecule has 0 aromatic heterocycles. The van der Waals surface area contributed by atoms with Crippen LogP contribution in [0.3, 0.4) is 0 Å². The number of carbonyl (C=O) groups is 3. The molecule has 4 amide bonds. The van der Waals surface area contributed by atoms with Gasteiger partial charge in [-0.1, -0.05) is 18.2 Å². The van der Waals surface area contributed by atoms with Crippen molar-refractivity contribution in [3.05, 3.63) is 60.2 Å². The predicted molar refractivity (Wildman–Crippen MR) is 109 cm³/mol. The number of carbonyl (C=O) groups excluding carboxylic acids is 3. The average molecular weight is 434 g/mol. The normalized spacial score (nSPS) is 16.0. The second kappa shape index (κ2) is 9.50. The molecule has 31 heavy (non-hydrogen) atoms. The van der Waals surface area contributed by atoms with Gasteiger partial charge in [0.25, 0.3) is 5.91 Å². The molecular formula is C21H21F3N4O3. The molecule has 1 unspecified atom stereocenters. The van der Waals surface area contributed by atoms with Gasteiger partial charge in [-0.05, 0) is 49.2 Å². The van der Waals surface area contributed by atoms with E-state index in [1.807, 2.05) is 11.4 Å². The molecule has 0 spiro atoms. The highest BCUT2D eigenvalue weighted by Crippen LogP contribution is 2.21. The fraction of sp³-hybridized carbons (Fsp3) is 0.286. The smallest absolute Gasteiger partial charge is 0.345 e. The van der Waals surface area contributed by atoms with Crippen LogP contribution >= 0.6 is 0 Å². The Bertz CT molecular complexity index is 933. The molecule has 10 heteroatoms. The summed E-state index contributed by atoms with van der Waals surface area (Å²) >= 11 is 0. The maximum absolute atomic E-state index is 12.5. The van der Waals surface area contributed by atoms with E-state index >= 15 is 0 Å². The number of amides is 4. The summed E-state index contributed by atoms with van der Waals surface area (Å²) in [7, 11) is 0. The predicted octanol–water partition coefficient (Wildman–Crippen LogP) is 3.61. The molecule has 1 aliphatic heterocycles. The van der Waals surface area contributed by atoms with Crippen molar-refractivity contribution < 1.29 is 27.6 Å². The molecule has 0 saturated carbocycles. The summed E-state index contributed by atoms with van der Waals surface area (Å²) in [6, 6.07) is 13.5. The lowest BCUT2D eigenvalue weighted by Gasteiger charge is -2.24. The first-order chi connectivity index (χ1) is 14.7. The van der Waals surface area contributed by atoms with E-state index in [1.165, 1.54) is 29.2 Å². The zero-order chi connectivity index (χ0) is 22.4. The SMILES string of the molecule is O=C(Nc1ccccc1)c1ccc(NC(=O)N2CCCC2C(=O)NCC(F)(F)F)cc1. The Labute approximate surface area is 176 Å². The molecule has 2 aromatic carbocycles.